The summed E-state index contributed by atoms with van der Waals surface area (Å²) in [5.41, 5.74) is 0.601. The van der Waals surface area contributed by atoms with Gasteiger partial charge in [0.15, 0.2) is 6.29 Å². The molecule has 35 heavy (non-hydrogen) atoms. The average molecular weight is 512 g/mol. The van der Waals surface area contributed by atoms with E-state index in [0.717, 1.165) is 35.5 Å². The van der Waals surface area contributed by atoms with Crippen LogP contribution in [0, 0.1) is 24.2 Å². The van der Waals surface area contributed by atoms with E-state index in [0.29, 0.717) is 6.42 Å². The molecule has 0 saturated carbocycles. The minimum Gasteiger partial charge on any atom is -0.392 e. The molecule has 1 aromatic rings. The Bertz CT molecular complexity index is 872. The number of hydrogen-bond donors (Lipinski definition) is 4. The zero-order valence-corrected chi connectivity index (χ0v) is 23.1. The number of aliphatic hydroxyl groups is 4. The molecule has 2 fully saturated rings. The largest absolute Gasteiger partial charge is 0.392 e. The van der Waals surface area contributed by atoms with Crippen LogP contribution in [0.5, 0.6) is 0 Å². The van der Waals surface area contributed by atoms with Crippen molar-refractivity contribution in [2.24, 2.45) is 17.3 Å². The number of epoxide rings is 1. The molecule has 3 heterocycles. The van der Waals surface area contributed by atoms with Crippen molar-refractivity contribution in [1.29, 1.82) is 0 Å². The topological polar surface area (TPSA) is 116 Å². The molecule has 9 atom stereocenters. The standard InChI is InChI=1S/C27H45NO6S/c1-15-9-8-10-27(7)22(34-27)12-20(16(2)11-19-14-35-18(4)28-19)33-23(30)13-21(29)26(5,6)25(32)17(3)24(15)31/h11,14-15,17,20-25,29-32H,8-10,12-13H2,1-7H3/t15-,17+,20?,21-,22-,23-,24-,25+,27+/m0/s1. The van der Waals surface area contributed by atoms with E-state index < -0.39 is 42.0 Å². The molecular formula is C27H45NO6S. The first kappa shape index (κ1) is 28.7. The highest BCUT2D eigenvalue weighted by Crippen LogP contribution is 2.45. The van der Waals surface area contributed by atoms with Gasteiger partial charge in [-0.05, 0) is 51.2 Å². The van der Waals surface area contributed by atoms with Gasteiger partial charge >= 0.3 is 0 Å². The van der Waals surface area contributed by atoms with E-state index in [4.69, 9.17) is 9.47 Å². The van der Waals surface area contributed by atoms with Crippen molar-refractivity contribution in [3.8, 4) is 0 Å². The number of aromatic nitrogens is 1. The maximum Gasteiger partial charge on any atom is 0.157 e. The van der Waals surface area contributed by atoms with Gasteiger partial charge in [-0.1, -0.05) is 34.1 Å². The van der Waals surface area contributed by atoms with Gasteiger partial charge in [0.05, 0.1) is 46.8 Å². The van der Waals surface area contributed by atoms with Crippen molar-refractivity contribution in [3.63, 3.8) is 0 Å². The summed E-state index contributed by atoms with van der Waals surface area (Å²) >= 11 is 1.58. The second-order valence-corrected chi connectivity index (χ2v) is 12.7. The minimum atomic E-state index is -1.22. The van der Waals surface area contributed by atoms with Crippen molar-refractivity contribution in [2.75, 3.05) is 0 Å². The van der Waals surface area contributed by atoms with E-state index in [-0.39, 0.29) is 24.0 Å². The van der Waals surface area contributed by atoms with Crippen LogP contribution in [-0.2, 0) is 9.47 Å². The molecule has 3 rings (SSSR count). The lowest BCUT2D eigenvalue weighted by atomic mass is 9.71. The molecule has 0 radical (unpaired) electrons. The number of nitrogens with zero attached hydrogens (tertiary/aromatic N) is 1. The Balaban J connectivity index is 1.84. The van der Waals surface area contributed by atoms with E-state index in [1.807, 2.05) is 39.2 Å². The van der Waals surface area contributed by atoms with Crippen molar-refractivity contribution < 1.29 is 29.9 Å². The summed E-state index contributed by atoms with van der Waals surface area (Å²) in [5.74, 6) is -0.421. The Labute approximate surface area is 214 Å². The fraction of sp³-hybridized carbons (Fsp3) is 0.815. The maximum absolute atomic E-state index is 11.1. The van der Waals surface area contributed by atoms with Crippen LogP contribution >= 0.6 is 11.3 Å². The van der Waals surface area contributed by atoms with Gasteiger partial charge in [-0.3, -0.25) is 0 Å². The normalized spacial score (nSPS) is 41.9. The average Bonchev–Trinajstić information content (AvgIpc) is 3.22. The van der Waals surface area contributed by atoms with E-state index in [1.54, 1.807) is 25.2 Å². The van der Waals surface area contributed by atoms with Crippen LogP contribution in [0.15, 0.2) is 11.0 Å². The SMILES string of the molecule is CC(=Cc1csc(C)n1)C1C[C@@H]2O[C@]2(C)CCC[C@H](C)[C@H](O)[C@@H](C)[C@@H](O)C(C)(C)[C@@H](O)C[C@@H](O)O1. The summed E-state index contributed by atoms with van der Waals surface area (Å²) in [5, 5.41) is 46.8. The summed E-state index contributed by atoms with van der Waals surface area (Å²) in [6, 6.07) is 0. The second-order valence-electron chi connectivity index (χ2n) is 11.7. The van der Waals surface area contributed by atoms with Crippen molar-refractivity contribution >= 4 is 17.4 Å². The third kappa shape index (κ3) is 6.92. The fourth-order valence-electron chi connectivity index (χ4n) is 5.39. The van der Waals surface area contributed by atoms with Crippen LogP contribution in [0.4, 0.5) is 0 Å². The molecule has 2 saturated heterocycles. The number of ether oxygens (including phenoxy) is 2. The van der Waals surface area contributed by atoms with Crippen molar-refractivity contribution in [2.45, 2.75) is 123 Å². The van der Waals surface area contributed by atoms with Crippen LogP contribution in [0.25, 0.3) is 6.08 Å². The number of thiazole rings is 1. The summed E-state index contributed by atoms with van der Waals surface area (Å²) in [4.78, 5) is 4.52. The molecule has 0 aliphatic carbocycles. The van der Waals surface area contributed by atoms with Gasteiger partial charge in [0, 0.05) is 29.6 Å². The number of fused-ring (bicyclic) bond motifs is 1. The lowest BCUT2D eigenvalue weighted by Crippen LogP contribution is -2.49. The predicted octanol–water partition coefficient (Wildman–Crippen LogP) is 4.06. The first-order valence-electron chi connectivity index (χ1n) is 12.9. The quantitative estimate of drug-likeness (QED) is 0.443. The first-order chi connectivity index (χ1) is 16.2. The van der Waals surface area contributed by atoms with Gasteiger partial charge in [-0.15, -0.1) is 11.3 Å². The zero-order chi connectivity index (χ0) is 26.1. The Morgan fingerprint density at radius 1 is 1.14 bits per heavy atom. The summed E-state index contributed by atoms with van der Waals surface area (Å²) in [6.45, 7) is 13.4. The number of aliphatic hydroxyl groups excluding tert-OH is 4. The number of rotatable bonds is 2. The van der Waals surface area contributed by atoms with E-state index in [2.05, 4.69) is 11.9 Å². The molecule has 0 aromatic carbocycles. The molecule has 8 heteroatoms. The summed E-state index contributed by atoms with van der Waals surface area (Å²) in [7, 11) is 0. The summed E-state index contributed by atoms with van der Waals surface area (Å²) < 4.78 is 12.2. The molecule has 1 unspecified atom stereocenters. The van der Waals surface area contributed by atoms with Crippen LogP contribution in [0.2, 0.25) is 0 Å². The monoisotopic (exact) mass is 511 g/mol. The van der Waals surface area contributed by atoms with Gasteiger partial charge in [-0.25, -0.2) is 4.98 Å². The van der Waals surface area contributed by atoms with Crippen LogP contribution in [-0.4, -0.2) is 67.8 Å². The third-order valence-electron chi connectivity index (χ3n) is 8.30. The smallest absolute Gasteiger partial charge is 0.157 e. The third-order valence-corrected chi connectivity index (χ3v) is 9.10. The molecule has 4 N–H and O–H groups in total. The van der Waals surface area contributed by atoms with Crippen molar-refractivity contribution in [1.82, 2.24) is 4.98 Å². The molecule has 0 bridgehead atoms. The lowest BCUT2D eigenvalue weighted by molar-refractivity contribution is -0.169. The van der Waals surface area contributed by atoms with E-state index >= 15 is 0 Å². The molecule has 1 aromatic heterocycles. The highest BCUT2D eigenvalue weighted by atomic mass is 32.1. The Morgan fingerprint density at radius 2 is 1.83 bits per heavy atom. The van der Waals surface area contributed by atoms with Gasteiger partial charge in [-0.2, -0.15) is 0 Å². The molecule has 2 aliphatic rings. The molecule has 0 spiro atoms. The Hall–Kier alpha value is -0.870. The lowest BCUT2D eigenvalue weighted by Gasteiger charge is -2.41. The fourth-order valence-corrected chi connectivity index (χ4v) is 5.96. The zero-order valence-electron chi connectivity index (χ0n) is 22.3. The van der Waals surface area contributed by atoms with Gasteiger partial charge in [0.1, 0.15) is 0 Å². The minimum absolute atomic E-state index is 0.00900. The number of hydrogen-bond acceptors (Lipinski definition) is 8. The van der Waals surface area contributed by atoms with E-state index in [9.17, 15) is 20.4 Å². The van der Waals surface area contributed by atoms with E-state index in [1.165, 1.54) is 0 Å². The van der Waals surface area contributed by atoms with Gasteiger partial charge in [0.2, 0.25) is 0 Å². The van der Waals surface area contributed by atoms with Gasteiger partial charge in [0.25, 0.3) is 0 Å². The molecular weight excluding hydrogens is 466 g/mol. The summed E-state index contributed by atoms with van der Waals surface area (Å²) in [6.07, 6.45) is 0.845. The maximum atomic E-state index is 11.1. The van der Waals surface area contributed by atoms with Crippen LogP contribution < -0.4 is 0 Å². The first-order valence-corrected chi connectivity index (χ1v) is 13.8. The Morgan fingerprint density at radius 3 is 2.46 bits per heavy atom. The predicted molar refractivity (Wildman–Crippen MR) is 138 cm³/mol. The molecule has 200 valence electrons. The van der Waals surface area contributed by atoms with Crippen LogP contribution in [0.3, 0.4) is 0 Å². The Kier molecular flexibility index (Phi) is 9.23. The highest BCUT2D eigenvalue weighted by Gasteiger charge is 2.52. The second kappa shape index (κ2) is 11.3. The highest BCUT2D eigenvalue weighted by molar-refractivity contribution is 7.09. The molecule has 7 nitrogen and oxygen atoms in total. The van der Waals surface area contributed by atoms with Gasteiger partial charge < -0.3 is 29.9 Å². The molecule has 2 aliphatic heterocycles. The van der Waals surface area contributed by atoms with Crippen LogP contribution in [0.1, 0.15) is 84.3 Å². The molecule has 0 amide bonds. The van der Waals surface area contributed by atoms with Crippen molar-refractivity contribution in [3.05, 3.63) is 21.7 Å². The number of aryl methyl sites for hydroxylation is 1.